The lowest BCUT2D eigenvalue weighted by molar-refractivity contribution is 0.0452. The fraction of sp³-hybridized carbons (Fsp3) is 1.00. The third-order valence-corrected chi connectivity index (χ3v) is 1.59. The van der Waals surface area contributed by atoms with Crippen molar-refractivity contribution < 1.29 is 9.47 Å². The number of rotatable bonds is 4. The van der Waals surface area contributed by atoms with E-state index >= 15 is 0 Å². The first-order chi connectivity index (χ1) is 4.93. The Hall–Kier alpha value is -0.120. The van der Waals surface area contributed by atoms with Crippen LogP contribution in [0.15, 0.2) is 0 Å². The minimum atomic E-state index is 0.355. The maximum atomic E-state index is 5.46. The number of hydrogen-bond acceptors (Lipinski definition) is 3. The molecule has 1 N–H and O–H groups in total. The molecule has 0 saturated carbocycles. The molecule has 3 nitrogen and oxygen atoms in total. The second-order valence-corrected chi connectivity index (χ2v) is 2.46. The topological polar surface area (TPSA) is 30.5 Å². The third kappa shape index (κ3) is 2.64. The summed E-state index contributed by atoms with van der Waals surface area (Å²) >= 11 is 0. The molecule has 1 heterocycles. The summed E-state index contributed by atoms with van der Waals surface area (Å²) in [4.78, 5) is 0. The zero-order valence-electron chi connectivity index (χ0n) is 6.43. The van der Waals surface area contributed by atoms with E-state index in [1.54, 1.807) is 0 Å². The van der Waals surface area contributed by atoms with Gasteiger partial charge >= 0.3 is 0 Å². The number of hydrogen-bond donors (Lipinski definition) is 1. The maximum absolute atomic E-state index is 5.46. The third-order valence-electron chi connectivity index (χ3n) is 1.59. The summed E-state index contributed by atoms with van der Waals surface area (Å²) < 4.78 is 10.6. The Bertz CT molecular complexity index is 81.7. The highest BCUT2D eigenvalue weighted by Gasteiger charge is 2.14. The van der Waals surface area contributed by atoms with E-state index in [2.05, 4.69) is 5.32 Å². The molecule has 0 spiro atoms. The molecule has 1 atom stereocenters. The van der Waals surface area contributed by atoms with Gasteiger partial charge in [-0.1, -0.05) is 0 Å². The smallest absolute Gasteiger partial charge is 0.0831 e. The minimum absolute atomic E-state index is 0.355. The first-order valence-corrected chi connectivity index (χ1v) is 3.77. The van der Waals surface area contributed by atoms with E-state index in [-0.39, 0.29) is 0 Å². The Morgan fingerprint density at radius 3 is 3.20 bits per heavy atom. The van der Waals surface area contributed by atoms with E-state index in [0.29, 0.717) is 6.10 Å². The van der Waals surface area contributed by atoms with Crippen LogP contribution in [0.2, 0.25) is 0 Å². The molecule has 1 unspecified atom stereocenters. The van der Waals surface area contributed by atoms with Crippen molar-refractivity contribution in [2.45, 2.75) is 12.5 Å². The van der Waals surface area contributed by atoms with Crippen molar-refractivity contribution in [3.63, 3.8) is 0 Å². The number of ether oxygens (including phenoxy) is 2. The van der Waals surface area contributed by atoms with Gasteiger partial charge in [-0.25, -0.2) is 0 Å². The van der Waals surface area contributed by atoms with Gasteiger partial charge in [0.15, 0.2) is 0 Å². The molecule has 1 fully saturated rings. The van der Waals surface area contributed by atoms with Crippen LogP contribution in [-0.4, -0.2) is 39.5 Å². The number of nitrogens with one attached hydrogen (secondary N) is 1. The van der Waals surface area contributed by atoms with Gasteiger partial charge in [0.1, 0.15) is 0 Å². The predicted octanol–water partition coefficient (Wildman–Crippen LogP) is 0.0113. The zero-order valence-corrected chi connectivity index (χ0v) is 6.43. The average Bonchev–Trinajstić information content (AvgIpc) is 2.41. The quantitative estimate of drug-likeness (QED) is 0.565. The molecule has 0 aromatic rings. The van der Waals surface area contributed by atoms with Crippen molar-refractivity contribution in [2.75, 3.05) is 33.4 Å². The SMILES string of the molecule is CNCCOC1CCOC1. The van der Waals surface area contributed by atoms with Gasteiger partial charge < -0.3 is 14.8 Å². The van der Waals surface area contributed by atoms with Crippen LogP contribution in [0, 0.1) is 0 Å². The van der Waals surface area contributed by atoms with E-state index in [1.165, 1.54) is 0 Å². The van der Waals surface area contributed by atoms with Gasteiger partial charge in [-0.15, -0.1) is 0 Å². The molecule has 0 radical (unpaired) electrons. The monoisotopic (exact) mass is 145 g/mol. The van der Waals surface area contributed by atoms with E-state index < -0.39 is 0 Å². The van der Waals surface area contributed by atoms with Gasteiger partial charge in [0.05, 0.1) is 19.3 Å². The first kappa shape index (κ1) is 7.98. The average molecular weight is 145 g/mol. The van der Waals surface area contributed by atoms with Crippen molar-refractivity contribution in [1.29, 1.82) is 0 Å². The van der Waals surface area contributed by atoms with E-state index in [0.717, 1.165) is 32.8 Å². The fourth-order valence-corrected chi connectivity index (χ4v) is 0.972. The summed E-state index contributed by atoms with van der Waals surface area (Å²) in [5.41, 5.74) is 0. The van der Waals surface area contributed by atoms with Gasteiger partial charge in [-0.3, -0.25) is 0 Å². The van der Waals surface area contributed by atoms with Gasteiger partial charge in [-0.2, -0.15) is 0 Å². The highest BCUT2D eigenvalue weighted by Crippen LogP contribution is 2.06. The van der Waals surface area contributed by atoms with Gasteiger partial charge in [0.2, 0.25) is 0 Å². The van der Waals surface area contributed by atoms with Gasteiger partial charge in [-0.05, 0) is 13.5 Å². The summed E-state index contributed by atoms with van der Waals surface area (Å²) in [6.45, 7) is 3.37. The van der Waals surface area contributed by atoms with E-state index in [4.69, 9.17) is 9.47 Å². The van der Waals surface area contributed by atoms with Crippen LogP contribution in [0.4, 0.5) is 0 Å². The molecule has 10 heavy (non-hydrogen) atoms. The summed E-state index contributed by atoms with van der Waals surface area (Å²) in [5.74, 6) is 0. The van der Waals surface area contributed by atoms with Crippen molar-refractivity contribution in [1.82, 2.24) is 5.32 Å². The highest BCUT2D eigenvalue weighted by molar-refractivity contribution is 4.62. The van der Waals surface area contributed by atoms with E-state index in [9.17, 15) is 0 Å². The first-order valence-electron chi connectivity index (χ1n) is 3.77. The van der Waals surface area contributed by atoms with Gasteiger partial charge in [0, 0.05) is 13.2 Å². The molecule has 1 aliphatic rings. The van der Waals surface area contributed by atoms with Gasteiger partial charge in [0.25, 0.3) is 0 Å². The highest BCUT2D eigenvalue weighted by atomic mass is 16.5. The molecule has 0 aliphatic carbocycles. The van der Waals surface area contributed by atoms with Crippen LogP contribution in [0.3, 0.4) is 0 Å². The summed E-state index contributed by atoms with van der Waals surface area (Å²) in [6.07, 6.45) is 1.41. The molecule has 0 aromatic heterocycles. The van der Waals surface area contributed by atoms with Crippen molar-refractivity contribution in [3.8, 4) is 0 Å². The summed E-state index contributed by atoms with van der Waals surface area (Å²) in [6, 6.07) is 0. The Morgan fingerprint density at radius 1 is 1.70 bits per heavy atom. The van der Waals surface area contributed by atoms with Crippen molar-refractivity contribution >= 4 is 0 Å². The largest absolute Gasteiger partial charge is 0.379 e. The molecule has 0 bridgehead atoms. The molecule has 3 heteroatoms. The normalized spacial score (nSPS) is 25.5. The van der Waals surface area contributed by atoms with Crippen LogP contribution >= 0.6 is 0 Å². The minimum Gasteiger partial charge on any atom is -0.379 e. The van der Waals surface area contributed by atoms with Crippen molar-refractivity contribution in [2.24, 2.45) is 0 Å². The van der Waals surface area contributed by atoms with Crippen LogP contribution < -0.4 is 5.32 Å². The Morgan fingerprint density at radius 2 is 2.60 bits per heavy atom. The molecule has 60 valence electrons. The molecule has 0 aromatic carbocycles. The second-order valence-electron chi connectivity index (χ2n) is 2.46. The van der Waals surface area contributed by atoms with E-state index in [1.807, 2.05) is 7.05 Å². The molecule has 1 saturated heterocycles. The maximum Gasteiger partial charge on any atom is 0.0831 e. The lowest BCUT2D eigenvalue weighted by Crippen LogP contribution is -2.20. The Labute approximate surface area is 61.7 Å². The molecule has 1 aliphatic heterocycles. The number of likely N-dealkylation sites (N-methyl/N-ethyl adjacent to an activating group) is 1. The van der Waals surface area contributed by atoms with Crippen LogP contribution in [0.1, 0.15) is 6.42 Å². The lowest BCUT2D eigenvalue weighted by Gasteiger charge is -2.08. The molecule has 0 amide bonds. The summed E-state index contributed by atoms with van der Waals surface area (Å²) in [5, 5.41) is 3.03. The molecule has 1 rings (SSSR count). The van der Waals surface area contributed by atoms with Crippen LogP contribution in [0.25, 0.3) is 0 Å². The standard InChI is InChI=1S/C7H15NO2/c1-8-3-5-10-7-2-4-9-6-7/h7-8H,2-6H2,1H3. The molecular weight excluding hydrogens is 130 g/mol. The Balaban J connectivity index is 1.91. The zero-order chi connectivity index (χ0) is 7.23. The lowest BCUT2D eigenvalue weighted by atomic mass is 10.3. The van der Waals surface area contributed by atoms with Crippen LogP contribution in [-0.2, 0) is 9.47 Å². The summed E-state index contributed by atoms with van der Waals surface area (Å²) in [7, 11) is 1.93. The van der Waals surface area contributed by atoms with Crippen LogP contribution in [0.5, 0.6) is 0 Å². The fourth-order valence-electron chi connectivity index (χ4n) is 0.972. The predicted molar refractivity (Wildman–Crippen MR) is 39.1 cm³/mol. The second kappa shape index (κ2) is 4.66. The Kier molecular flexibility index (Phi) is 3.72. The van der Waals surface area contributed by atoms with Crippen molar-refractivity contribution in [3.05, 3.63) is 0 Å². The molecular formula is C7H15NO2.